The van der Waals surface area contributed by atoms with Crippen LogP contribution in [0.5, 0.6) is 0 Å². The Morgan fingerprint density at radius 1 is 0.864 bits per heavy atom. The maximum absolute atomic E-state index is 13.7. The van der Waals surface area contributed by atoms with Crippen molar-refractivity contribution in [2.45, 2.75) is 54.1 Å². The number of Topliss-reactive ketones (excluding diaryl/α,β-unsaturated/α-hetero) is 2. The molecule has 10 fully saturated rings. The second-order valence-electron chi connectivity index (χ2n) is 12.0. The molecule has 0 N–H and O–H groups in total. The first-order valence-electron chi connectivity index (χ1n) is 8.71. The molecule has 0 radical (unpaired) electrons. The Balaban J connectivity index is 1.41. The van der Waals surface area contributed by atoms with Crippen molar-refractivity contribution in [2.75, 3.05) is 0 Å². The Morgan fingerprint density at radius 3 is 1.77 bits per heavy atom. The van der Waals surface area contributed by atoms with Crippen molar-refractivity contribution in [3.63, 3.8) is 0 Å². The fraction of sp³-hybridized carbons (Fsp3) is 0.579. The summed E-state index contributed by atoms with van der Waals surface area (Å²) >= 11 is 0. The number of benzene rings is 1. The molecule has 0 bridgehead atoms. The summed E-state index contributed by atoms with van der Waals surface area (Å²) < 4.78 is 0.347. The van der Waals surface area contributed by atoms with E-state index in [0.717, 1.165) is 44.1 Å². The SMILES string of the molecule is CC(=O)[C]12[CH]3[CH]4[CH]5[CH]1[Fe]45321678[CH]2[CH]1[CH]6[C]7(C(=O)c1ccccc1)[CH]28. The number of ketones is 2. The van der Waals surface area contributed by atoms with E-state index in [1.807, 2.05) is 37.3 Å². The van der Waals surface area contributed by atoms with Gasteiger partial charge in [-0.2, -0.15) is 0 Å². The quantitative estimate of drug-likeness (QED) is 0.599. The van der Waals surface area contributed by atoms with Crippen LogP contribution < -0.4 is 0 Å². The monoisotopic (exact) mass is 332 g/mol. The minimum absolute atomic E-state index is 0.140. The van der Waals surface area contributed by atoms with Gasteiger partial charge in [0, 0.05) is 0 Å². The first-order valence-corrected chi connectivity index (χ1v) is 14.9. The minimum atomic E-state index is -3.84. The molecule has 10 aliphatic rings. The number of hydrogen-bond acceptors (Lipinski definition) is 2. The van der Waals surface area contributed by atoms with Gasteiger partial charge in [-0.25, -0.2) is 0 Å². The van der Waals surface area contributed by atoms with Crippen molar-refractivity contribution >= 4 is 11.6 Å². The van der Waals surface area contributed by atoms with Gasteiger partial charge in [0.05, 0.1) is 0 Å². The molecule has 22 heavy (non-hydrogen) atoms. The van der Waals surface area contributed by atoms with Crippen molar-refractivity contribution < 1.29 is 16.1 Å². The molecule has 112 valence electrons. The van der Waals surface area contributed by atoms with Gasteiger partial charge in [0.25, 0.3) is 0 Å². The average Bonchev–Trinajstić information content (AvgIpc) is 3.47. The van der Waals surface area contributed by atoms with Gasteiger partial charge in [0.1, 0.15) is 0 Å². The van der Waals surface area contributed by atoms with E-state index in [0.29, 0.717) is 11.6 Å². The van der Waals surface area contributed by atoms with Crippen molar-refractivity contribution in [3.05, 3.63) is 35.9 Å². The van der Waals surface area contributed by atoms with Crippen LogP contribution in [0.1, 0.15) is 17.3 Å². The molecule has 0 aromatic heterocycles. The fourth-order valence-corrected chi connectivity index (χ4v) is 95.0. The van der Waals surface area contributed by atoms with E-state index in [2.05, 4.69) is 0 Å². The molecule has 10 aliphatic heterocycles. The van der Waals surface area contributed by atoms with Gasteiger partial charge in [-0.15, -0.1) is 0 Å². The summed E-state index contributed by atoms with van der Waals surface area (Å²) in [5.41, 5.74) is 0.967. The topological polar surface area (TPSA) is 34.1 Å². The van der Waals surface area contributed by atoms with Gasteiger partial charge in [-0.1, -0.05) is 0 Å². The van der Waals surface area contributed by atoms with E-state index >= 15 is 0 Å². The number of carbonyl (C=O) groups is 2. The molecule has 0 saturated carbocycles. The van der Waals surface area contributed by atoms with E-state index in [-0.39, 0.29) is 8.63 Å². The molecule has 1 aromatic carbocycles. The second-order valence-corrected chi connectivity index (χ2v) is 35.2. The summed E-state index contributed by atoms with van der Waals surface area (Å²) in [6, 6.07) is 10.1. The van der Waals surface area contributed by atoms with Crippen LogP contribution >= 0.6 is 0 Å². The number of carbonyl (C=O) groups excluding carboxylic acids is 2. The molecular weight excluding hydrogens is 316 g/mol. The van der Waals surface area contributed by atoms with Gasteiger partial charge >= 0.3 is 118 Å². The van der Waals surface area contributed by atoms with Crippen LogP contribution in [0.4, 0.5) is 0 Å². The molecular formula is C19H16FeO2. The number of hydrogen-bond donors (Lipinski definition) is 0. The predicted molar refractivity (Wildman–Crippen MR) is 76.8 cm³/mol. The zero-order chi connectivity index (χ0) is 14.2. The molecule has 11 rings (SSSR count). The predicted octanol–water partition coefficient (Wildman–Crippen LogP) is 4.59. The van der Waals surface area contributed by atoms with Crippen LogP contribution in [-0.4, -0.2) is 11.6 Å². The van der Waals surface area contributed by atoms with Gasteiger partial charge in [-0.3, -0.25) is 0 Å². The van der Waals surface area contributed by atoms with Crippen molar-refractivity contribution in [1.82, 2.24) is 0 Å². The number of fused-ring (bicyclic) bond motifs is 10. The Morgan fingerprint density at radius 2 is 1.36 bits per heavy atom. The van der Waals surface area contributed by atoms with E-state index < -0.39 is 6.51 Å². The Kier molecular flexibility index (Phi) is 0.330. The molecule has 8 unspecified atom stereocenters. The van der Waals surface area contributed by atoms with Crippen LogP contribution in [0.2, 0.25) is 47.2 Å². The van der Waals surface area contributed by atoms with Gasteiger partial charge in [0.2, 0.25) is 0 Å². The standard InChI is InChI=1S/C12H9O.C7H7O.Fe/c13-12(11-8-4-5-9-11)10-6-2-1-3-7-10;1-6(8)7-4-2-3-5-7;/h1-9H;2-5H,1H3;. The summed E-state index contributed by atoms with van der Waals surface area (Å²) in [6.07, 6.45) is 0. The van der Waals surface area contributed by atoms with Crippen LogP contribution in [0, 0.1) is 0 Å². The summed E-state index contributed by atoms with van der Waals surface area (Å²) in [5.74, 6) is 1.08. The molecule has 1 aromatic rings. The normalized spacial score (nSPS) is 97.7. The summed E-state index contributed by atoms with van der Waals surface area (Å²) in [7, 11) is 0. The Hall–Kier alpha value is -0.921. The van der Waals surface area contributed by atoms with E-state index in [4.69, 9.17) is 0 Å². The zero-order valence-electron chi connectivity index (χ0n) is 12.2. The third-order valence-corrected chi connectivity index (χ3v) is 59.5. The van der Waals surface area contributed by atoms with Crippen LogP contribution in [0.25, 0.3) is 0 Å². The van der Waals surface area contributed by atoms with E-state index in [9.17, 15) is 9.59 Å². The van der Waals surface area contributed by atoms with E-state index in [1.165, 1.54) is 0 Å². The number of rotatable bonds is 3. The molecule has 10 saturated heterocycles. The fourth-order valence-electron chi connectivity index (χ4n) is 18.9. The first kappa shape index (κ1) is 8.80. The summed E-state index contributed by atoms with van der Waals surface area (Å²) in [4.78, 5) is 33.9. The summed E-state index contributed by atoms with van der Waals surface area (Å²) in [5, 5.41) is 0. The Labute approximate surface area is 117 Å². The van der Waals surface area contributed by atoms with Crippen LogP contribution in [-0.2, 0) is 11.3 Å². The van der Waals surface area contributed by atoms with Gasteiger partial charge < -0.3 is 0 Å². The third-order valence-electron chi connectivity index (χ3n) is 16.7. The van der Waals surface area contributed by atoms with Crippen molar-refractivity contribution in [2.24, 2.45) is 0 Å². The Bertz CT molecular complexity index is 1370. The molecule has 8 atom stereocenters. The van der Waals surface area contributed by atoms with Crippen molar-refractivity contribution in [1.29, 1.82) is 0 Å². The maximum atomic E-state index is 13.7. The molecule has 2 nitrogen and oxygen atoms in total. The molecule has 0 aliphatic carbocycles. The second kappa shape index (κ2) is 0.826. The van der Waals surface area contributed by atoms with Gasteiger partial charge in [-0.05, 0) is 0 Å². The first-order chi connectivity index (χ1) is 10.4. The molecule has 10 heterocycles. The average molecular weight is 332 g/mol. The van der Waals surface area contributed by atoms with E-state index in [1.54, 1.807) is 0 Å². The van der Waals surface area contributed by atoms with Crippen molar-refractivity contribution in [3.8, 4) is 0 Å². The molecule has 0 amide bonds. The van der Waals surface area contributed by atoms with Gasteiger partial charge in [0.15, 0.2) is 0 Å². The molecule has 1 spiro atoms. The molecule has 3 heteroatoms. The van der Waals surface area contributed by atoms with Crippen LogP contribution in [0.15, 0.2) is 30.3 Å². The van der Waals surface area contributed by atoms with Crippen LogP contribution in [0.3, 0.4) is 0 Å². The third kappa shape index (κ3) is 0.101. The zero-order valence-corrected chi connectivity index (χ0v) is 13.3. The summed E-state index contributed by atoms with van der Waals surface area (Å²) in [6.45, 7) is -1.93.